The third kappa shape index (κ3) is 3.80. The molecule has 0 aliphatic carbocycles. The molecule has 1 aromatic carbocycles. The molecular formula is C16H23ClN4O. The number of nitrogens with zero attached hydrogens (tertiary/aromatic N) is 2. The van der Waals surface area contributed by atoms with Gasteiger partial charge in [-0.1, -0.05) is 0 Å². The van der Waals surface area contributed by atoms with Crippen molar-refractivity contribution in [3.8, 4) is 17.0 Å². The van der Waals surface area contributed by atoms with Crippen LogP contribution in [0.15, 0.2) is 30.5 Å². The molecule has 0 radical (unpaired) electrons. The van der Waals surface area contributed by atoms with Crippen LogP contribution in [0.1, 0.15) is 12.5 Å². The average Bonchev–Trinajstić information content (AvgIpc) is 2.95. The molecule has 22 heavy (non-hydrogen) atoms. The van der Waals surface area contributed by atoms with Crippen molar-refractivity contribution in [2.75, 3.05) is 26.7 Å². The Morgan fingerprint density at radius 3 is 2.77 bits per heavy atom. The first-order chi connectivity index (χ1) is 10.3. The Balaban J connectivity index is 0.00000176. The highest BCUT2D eigenvalue weighted by molar-refractivity contribution is 5.85. The number of rotatable bonds is 4. The van der Waals surface area contributed by atoms with Gasteiger partial charge in [0.15, 0.2) is 0 Å². The van der Waals surface area contributed by atoms with Crippen LogP contribution in [0, 0.1) is 0 Å². The molecule has 2 N–H and O–H groups in total. The molecule has 1 saturated heterocycles. The quantitative estimate of drug-likeness (QED) is 0.907. The molecule has 1 aromatic heterocycles. The van der Waals surface area contributed by atoms with E-state index < -0.39 is 0 Å². The lowest BCUT2D eigenvalue weighted by Crippen LogP contribution is -2.48. The maximum absolute atomic E-state index is 5.21. The van der Waals surface area contributed by atoms with E-state index >= 15 is 0 Å². The third-order valence-corrected chi connectivity index (χ3v) is 3.94. The molecule has 0 bridgehead atoms. The monoisotopic (exact) mass is 322 g/mol. The Bertz CT molecular complexity index is 584. The van der Waals surface area contributed by atoms with Gasteiger partial charge in [0.05, 0.1) is 19.0 Å². The number of aromatic amines is 1. The molecule has 2 aromatic rings. The molecule has 5 nitrogen and oxygen atoms in total. The van der Waals surface area contributed by atoms with Gasteiger partial charge in [0.2, 0.25) is 0 Å². The lowest BCUT2D eigenvalue weighted by molar-refractivity contribution is 0.200. The van der Waals surface area contributed by atoms with Crippen molar-refractivity contribution in [3.63, 3.8) is 0 Å². The number of H-pyrrole nitrogens is 1. The van der Waals surface area contributed by atoms with E-state index in [0.717, 1.165) is 43.2 Å². The molecule has 6 heteroatoms. The van der Waals surface area contributed by atoms with E-state index in [0.29, 0.717) is 6.04 Å². The van der Waals surface area contributed by atoms with Crippen LogP contribution >= 0.6 is 12.4 Å². The van der Waals surface area contributed by atoms with Crippen LogP contribution in [0.5, 0.6) is 5.75 Å². The van der Waals surface area contributed by atoms with Crippen molar-refractivity contribution in [1.29, 1.82) is 0 Å². The summed E-state index contributed by atoms with van der Waals surface area (Å²) in [5.41, 5.74) is 3.49. The van der Waals surface area contributed by atoms with Gasteiger partial charge in [0.1, 0.15) is 5.75 Å². The summed E-state index contributed by atoms with van der Waals surface area (Å²) in [5.74, 6) is 0.871. The maximum atomic E-state index is 5.21. The van der Waals surface area contributed by atoms with Crippen LogP contribution in [-0.2, 0) is 6.54 Å². The number of benzene rings is 1. The largest absolute Gasteiger partial charge is 0.497 e. The minimum atomic E-state index is 0. The highest BCUT2D eigenvalue weighted by Crippen LogP contribution is 2.24. The fraction of sp³-hybridized carbons (Fsp3) is 0.438. The lowest BCUT2D eigenvalue weighted by atomic mass is 10.1. The van der Waals surface area contributed by atoms with Gasteiger partial charge < -0.3 is 10.1 Å². The lowest BCUT2D eigenvalue weighted by Gasteiger charge is -2.31. The molecule has 120 valence electrons. The highest BCUT2D eigenvalue weighted by Gasteiger charge is 2.18. The van der Waals surface area contributed by atoms with E-state index in [1.54, 1.807) is 7.11 Å². The second-order valence-corrected chi connectivity index (χ2v) is 5.59. The van der Waals surface area contributed by atoms with Crippen molar-refractivity contribution in [2.24, 2.45) is 0 Å². The molecule has 1 aliphatic rings. The van der Waals surface area contributed by atoms with Gasteiger partial charge in [-0.2, -0.15) is 5.10 Å². The van der Waals surface area contributed by atoms with Crippen LogP contribution < -0.4 is 10.1 Å². The molecule has 3 rings (SSSR count). The second-order valence-electron chi connectivity index (χ2n) is 5.59. The zero-order valence-corrected chi connectivity index (χ0v) is 13.8. The average molecular weight is 323 g/mol. The van der Waals surface area contributed by atoms with Gasteiger partial charge in [-0.15, -0.1) is 12.4 Å². The smallest absolute Gasteiger partial charge is 0.118 e. The topological polar surface area (TPSA) is 53.2 Å². The molecule has 0 unspecified atom stereocenters. The number of ether oxygens (including phenoxy) is 1. The van der Waals surface area contributed by atoms with E-state index in [2.05, 4.69) is 39.5 Å². The van der Waals surface area contributed by atoms with E-state index in [4.69, 9.17) is 4.74 Å². The van der Waals surface area contributed by atoms with Crippen molar-refractivity contribution < 1.29 is 4.74 Å². The second kappa shape index (κ2) is 7.63. The molecule has 1 atom stereocenters. The Morgan fingerprint density at radius 2 is 2.09 bits per heavy atom. The van der Waals surface area contributed by atoms with Crippen LogP contribution in [0.3, 0.4) is 0 Å². The predicted molar refractivity (Wildman–Crippen MR) is 90.6 cm³/mol. The molecule has 0 saturated carbocycles. The van der Waals surface area contributed by atoms with Crippen molar-refractivity contribution >= 4 is 12.4 Å². The predicted octanol–water partition coefficient (Wildman–Crippen LogP) is 2.30. The van der Waals surface area contributed by atoms with Gasteiger partial charge in [0, 0.05) is 43.3 Å². The molecular weight excluding hydrogens is 300 g/mol. The molecule has 1 fully saturated rings. The number of nitrogens with one attached hydrogen (secondary N) is 2. The molecule has 0 amide bonds. The minimum absolute atomic E-state index is 0. The summed E-state index contributed by atoms with van der Waals surface area (Å²) >= 11 is 0. The maximum Gasteiger partial charge on any atom is 0.118 e. The van der Waals surface area contributed by atoms with E-state index in [1.807, 2.05) is 18.3 Å². The Labute approximate surface area is 137 Å². The van der Waals surface area contributed by atoms with Gasteiger partial charge in [0.25, 0.3) is 0 Å². The summed E-state index contributed by atoms with van der Waals surface area (Å²) in [5, 5.41) is 10.8. The number of methoxy groups -OCH3 is 1. The third-order valence-electron chi connectivity index (χ3n) is 3.94. The Hall–Kier alpha value is -1.56. The number of hydrogen-bond donors (Lipinski definition) is 2. The normalized spacial score (nSPS) is 18.7. The van der Waals surface area contributed by atoms with Crippen LogP contribution in [0.2, 0.25) is 0 Å². The van der Waals surface area contributed by atoms with Crippen molar-refractivity contribution in [2.45, 2.75) is 19.5 Å². The minimum Gasteiger partial charge on any atom is -0.497 e. The number of hydrogen-bond acceptors (Lipinski definition) is 4. The number of aromatic nitrogens is 2. The summed E-state index contributed by atoms with van der Waals surface area (Å²) in [6.45, 7) is 6.37. The zero-order chi connectivity index (χ0) is 14.7. The van der Waals surface area contributed by atoms with Gasteiger partial charge >= 0.3 is 0 Å². The van der Waals surface area contributed by atoms with Crippen molar-refractivity contribution in [3.05, 3.63) is 36.0 Å². The molecule has 2 heterocycles. The van der Waals surface area contributed by atoms with E-state index in [9.17, 15) is 0 Å². The standard InChI is InChI=1S/C16H22N4O.ClH/c1-12-10-20(8-7-17-12)11-14-9-18-19-16(14)13-3-5-15(21-2)6-4-13;/h3-6,9,12,17H,7-8,10-11H2,1-2H3,(H,18,19);1H/t12-;/m1./s1. The fourth-order valence-electron chi connectivity index (χ4n) is 2.84. The van der Waals surface area contributed by atoms with E-state index in [1.165, 1.54) is 5.56 Å². The van der Waals surface area contributed by atoms with Gasteiger partial charge in [-0.3, -0.25) is 10.00 Å². The Kier molecular flexibility index (Phi) is 5.83. The van der Waals surface area contributed by atoms with E-state index in [-0.39, 0.29) is 12.4 Å². The summed E-state index contributed by atoms with van der Waals surface area (Å²) in [6.07, 6.45) is 1.94. The fourth-order valence-corrected chi connectivity index (χ4v) is 2.84. The summed E-state index contributed by atoms with van der Waals surface area (Å²) in [6, 6.07) is 8.64. The summed E-state index contributed by atoms with van der Waals surface area (Å²) in [7, 11) is 1.68. The Morgan fingerprint density at radius 1 is 1.32 bits per heavy atom. The zero-order valence-electron chi connectivity index (χ0n) is 13.0. The van der Waals surface area contributed by atoms with Crippen molar-refractivity contribution in [1.82, 2.24) is 20.4 Å². The molecule has 0 spiro atoms. The number of halogens is 1. The first kappa shape index (κ1) is 16.8. The van der Waals surface area contributed by atoms with Gasteiger partial charge in [-0.25, -0.2) is 0 Å². The first-order valence-corrected chi connectivity index (χ1v) is 7.38. The summed E-state index contributed by atoms with van der Waals surface area (Å²) < 4.78 is 5.21. The van der Waals surface area contributed by atoms with Crippen LogP contribution in [0.4, 0.5) is 0 Å². The molecule has 1 aliphatic heterocycles. The first-order valence-electron chi connectivity index (χ1n) is 7.38. The highest BCUT2D eigenvalue weighted by atomic mass is 35.5. The van der Waals surface area contributed by atoms with Gasteiger partial charge in [-0.05, 0) is 31.2 Å². The number of piperazine rings is 1. The SMILES string of the molecule is COc1ccc(-c2[nH]ncc2CN2CCN[C@H](C)C2)cc1.Cl. The van der Waals surface area contributed by atoms with Crippen LogP contribution in [0.25, 0.3) is 11.3 Å². The summed E-state index contributed by atoms with van der Waals surface area (Å²) in [4.78, 5) is 2.47. The van der Waals surface area contributed by atoms with Crippen LogP contribution in [-0.4, -0.2) is 47.9 Å².